The number of morpholine rings is 1. The van der Waals surface area contributed by atoms with Gasteiger partial charge in [-0.3, -0.25) is 14.5 Å². The van der Waals surface area contributed by atoms with Crippen LogP contribution in [0.15, 0.2) is 66.4 Å². The van der Waals surface area contributed by atoms with Crippen LogP contribution in [-0.4, -0.2) is 75.8 Å². The van der Waals surface area contributed by atoms with Gasteiger partial charge in [-0.15, -0.1) is 0 Å². The lowest BCUT2D eigenvalue weighted by Gasteiger charge is -2.31. The van der Waals surface area contributed by atoms with Gasteiger partial charge < -0.3 is 14.7 Å². The third-order valence-corrected chi connectivity index (χ3v) is 6.73. The molecule has 0 radical (unpaired) electrons. The van der Waals surface area contributed by atoms with Crippen LogP contribution >= 0.6 is 0 Å². The molecule has 1 aromatic heterocycles. The average molecular weight is 491 g/mol. The summed E-state index contributed by atoms with van der Waals surface area (Å²) in [6.45, 7) is 5.24. The number of aromatic nitrogens is 2. The molecular weight excluding hydrogens is 463 g/mol. The maximum Gasteiger partial charge on any atom is 0.295 e. The Morgan fingerprint density at radius 1 is 1.08 bits per heavy atom. The fourth-order valence-corrected chi connectivity index (χ4v) is 4.82. The zero-order chi connectivity index (χ0) is 25.2. The van der Waals surface area contributed by atoms with Crippen molar-refractivity contribution in [1.82, 2.24) is 19.6 Å². The molecule has 0 saturated carbocycles. The standard InChI is InChI=1S/C27H27FN4O4/c1-18-22(17-29-32(18)21-8-3-2-4-9-21)25(33)23-24(19-6-5-7-20(28)16-19)31(27(35)26(23)34)11-10-30-12-14-36-15-13-30/h2-9,16-17,24,33H,10-15H2,1H3/t24-/m1/s1. The van der Waals surface area contributed by atoms with E-state index in [1.54, 1.807) is 17.7 Å². The van der Waals surface area contributed by atoms with Gasteiger partial charge in [-0.2, -0.15) is 5.10 Å². The Balaban J connectivity index is 1.56. The number of ketones is 1. The van der Waals surface area contributed by atoms with Gasteiger partial charge in [-0.25, -0.2) is 9.07 Å². The predicted molar refractivity (Wildman–Crippen MR) is 131 cm³/mol. The number of aliphatic hydroxyl groups is 1. The molecule has 36 heavy (non-hydrogen) atoms. The molecule has 2 aliphatic rings. The molecule has 8 nitrogen and oxygen atoms in total. The molecule has 0 bridgehead atoms. The number of carbonyl (C=O) groups excluding carboxylic acids is 2. The minimum atomic E-state index is -0.916. The molecule has 2 aliphatic heterocycles. The van der Waals surface area contributed by atoms with Crippen LogP contribution in [0.5, 0.6) is 0 Å². The molecule has 2 saturated heterocycles. The Labute approximate surface area is 208 Å². The fourth-order valence-electron chi connectivity index (χ4n) is 4.82. The second-order valence-electron chi connectivity index (χ2n) is 8.89. The molecule has 1 amide bonds. The van der Waals surface area contributed by atoms with E-state index in [2.05, 4.69) is 10.00 Å². The molecule has 5 rings (SSSR count). The number of Topliss-reactive ketones (excluding diaryl/α,β-unsaturated/α-hetero) is 1. The van der Waals surface area contributed by atoms with Gasteiger partial charge in [0.15, 0.2) is 0 Å². The smallest absolute Gasteiger partial charge is 0.295 e. The summed E-state index contributed by atoms with van der Waals surface area (Å²) in [5.74, 6) is -2.32. The summed E-state index contributed by atoms with van der Waals surface area (Å²) in [7, 11) is 0. The molecule has 3 heterocycles. The van der Waals surface area contributed by atoms with Crippen molar-refractivity contribution in [2.75, 3.05) is 39.4 Å². The number of likely N-dealkylation sites (tertiary alicyclic amines) is 1. The normalized spacial score (nSPS) is 20.3. The van der Waals surface area contributed by atoms with Crippen molar-refractivity contribution in [3.8, 4) is 5.69 Å². The van der Waals surface area contributed by atoms with Crippen LogP contribution < -0.4 is 0 Å². The molecule has 0 unspecified atom stereocenters. The van der Waals surface area contributed by atoms with Gasteiger partial charge >= 0.3 is 0 Å². The molecular formula is C27H27FN4O4. The van der Waals surface area contributed by atoms with Gasteiger partial charge in [0, 0.05) is 26.2 Å². The SMILES string of the molecule is Cc1c(C(O)=C2C(=O)C(=O)N(CCN3CCOCC3)[C@@H]2c2cccc(F)c2)cnn1-c1ccccc1. The number of amides is 1. The van der Waals surface area contributed by atoms with Crippen LogP contribution in [0, 0.1) is 12.7 Å². The first kappa shape index (κ1) is 23.9. The first-order valence-corrected chi connectivity index (χ1v) is 11.9. The molecule has 1 atom stereocenters. The van der Waals surface area contributed by atoms with Crippen LogP contribution in [-0.2, 0) is 14.3 Å². The Kier molecular flexibility index (Phi) is 6.67. The second-order valence-corrected chi connectivity index (χ2v) is 8.89. The summed E-state index contributed by atoms with van der Waals surface area (Å²) in [6, 6.07) is 14.3. The maximum absolute atomic E-state index is 14.2. The van der Waals surface area contributed by atoms with Gasteiger partial charge in [-0.1, -0.05) is 30.3 Å². The van der Waals surface area contributed by atoms with E-state index in [-0.39, 0.29) is 17.9 Å². The molecule has 3 aromatic rings. The third kappa shape index (κ3) is 4.43. The minimum Gasteiger partial charge on any atom is -0.507 e. The summed E-state index contributed by atoms with van der Waals surface area (Å²) in [5, 5.41) is 15.8. The monoisotopic (exact) mass is 490 g/mol. The summed E-state index contributed by atoms with van der Waals surface area (Å²) in [6.07, 6.45) is 1.47. The van der Waals surface area contributed by atoms with Crippen molar-refractivity contribution >= 4 is 17.4 Å². The summed E-state index contributed by atoms with van der Waals surface area (Å²) in [4.78, 5) is 30.0. The highest BCUT2D eigenvalue weighted by atomic mass is 19.1. The van der Waals surface area contributed by atoms with Crippen molar-refractivity contribution in [3.63, 3.8) is 0 Å². The number of halogens is 1. The van der Waals surface area contributed by atoms with Crippen LogP contribution in [0.4, 0.5) is 4.39 Å². The van der Waals surface area contributed by atoms with E-state index in [1.165, 1.54) is 29.3 Å². The minimum absolute atomic E-state index is 0.0664. The second kappa shape index (κ2) is 10.0. The number of benzene rings is 2. The quantitative estimate of drug-likeness (QED) is 0.325. The number of rotatable bonds is 6. The van der Waals surface area contributed by atoms with E-state index in [0.29, 0.717) is 36.6 Å². The number of nitrogens with zero attached hydrogens (tertiary/aromatic N) is 4. The average Bonchev–Trinajstić information content (AvgIpc) is 3.40. The van der Waals surface area contributed by atoms with Gasteiger partial charge in [0.1, 0.15) is 11.6 Å². The Hall–Kier alpha value is -3.82. The van der Waals surface area contributed by atoms with Crippen molar-refractivity contribution in [1.29, 1.82) is 0 Å². The Morgan fingerprint density at radius 3 is 2.56 bits per heavy atom. The summed E-state index contributed by atoms with van der Waals surface area (Å²) >= 11 is 0. The van der Waals surface area contributed by atoms with Crippen molar-refractivity contribution < 1.29 is 23.8 Å². The maximum atomic E-state index is 14.2. The zero-order valence-electron chi connectivity index (χ0n) is 19.9. The van der Waals surface area contributed by atoms with Crippen molar-refractivity contribution in [2.45, 2.75) is 13.0 Å². The Bertz CT molecular complexity index is 1310. The Morgan fingerprint density at radius 2 is 1.83 bits per heavy atom. The number of hydrogen-bond donors (Lipinski definition) is 1. The number of hydrogen-bond acceptors (Lipinski definition) is 6. The summed E-state index contributed by atoms with van der Waals surface area (Å²) in [5.41, 5.74) is 2.10. The van der Waals surface area contributed by atoms with Gasteiger partial charge in [0.05, 0.1) is 48.0 Å². The van der Waals surface area contributed by atoms with E-state index in [1.807, 2.05) is 30.3 Å². The highest BCUT2D eigenvalue weighted by Crippen LogP contribution is 2.40. The molecule has 0 spiro atoms. The van der Waals surface area contributed by atoms with E-state index >= 15 is 0 Å². The van der Waals surface area contributed by atoms with Gasteiger partial charge in [-0.05, 0) is 36.8 Å². The molecule has 2 fully saturated rings. The number of para-hydroxylation sites is 1. The van der Waals surface area contributed by atoms with Crippen LogP contribution in [0.2, 0.25) is 0 Å². The molecule has 9 heteroatoms. The predicted octanol–water partition coefficient (Wildman–Crippen LogP) is 3.07. The number of ether oxygens (including phenoxy) is 1. The largest absolute Gasteiger partial charge is 0.507 e. The van der Waals surface area contributed by atoms with E-state index in [0.717, 1.165) is 18.8 Å². The lowest BCUT2D eigenvalue weighted by Crippen LogP contribution is -2.42. The first-order valence-electron chi connectivity index (χ1n) is 11.9. The van der Waals surface area contributed by atoms with Gasteiger partial charge in [0.2, 0.25) is 0 Å². The highest BCUT2D eigenvalue weighted by molar-refractivity contribution is 6.46. The molecule has 186 valence electrons. The fraction of sp³-hybridized carbons (Fsp3) is 0.296. The lowest BCUT2D eigenvalue weighted by molar-refractivity contribution is -0.140. The van der Waals surface area contributed by atoms with Crippen molar-refractivity contribution in [2.24, 2.45) is 0 Å². The first-order chi connectivity index (χ1) is 17.5. The van der Waals surface area contributed by atoms with Crippen LogP contribution in [0.25, 0.3) is 11.4 Å². The molecule has 1 N–H and O–H groups in total. The van der Waals surface area contributed by atoms with E-state index < -0.39 is 23.5 Å². The van der Waals surface area contributed by atoms with E-state index in [4.69, 9.17) is 4.74 Å². The topological polar surface area (TPSA) is 87.9 Å². The molecule has 2 aromatic carbocycles. The van der Waals surface area contributed by atoms with E-state index in [9.17, 15) is 19.1 Å². The third-order valence-electron chi connectivity index (χ3n) is 6.73. The van der Waals surface area contributed by atoms with Crippen LogP contribution in [0.1, 0.15) is 22.9 Å². The number of carbonyl (C=O) groups is 2. The van der Waals surface area contributed by atoms with Crippen molar-refractivity contribution in [3.05, 3.63) is 89.0 Å². The molecule has 0 aliphatic carbocycles. The lowest BCUT2D eigenvalue weighted by atomic mass is 9.95. The van der Waals surface area contributed by atoms with Gasteiger partial charge in [0.25, 0.3) is 11.7 Å². The zero-order valence-corrected chi connectivity index (χ0v) is 19.9. The number of aliphatic hydroxyl groups excluding tert-OH is 1. The highest BCUT2D eigenvalue weighted by Gasteiger charge is 2.46. The summed E-state index contributed by atoms with van der Waals surface area (Å²) < 4.78 is 21.3. The van der Waals surface area contributed by atoms with Crippen LogP contribution in [0.3, 0.4) is 0 Å².